The maximum Gasteiger partial charge on any atom is 0.276 e. The molecular weight excluding hydrogens is 512 g/mol. The van der Waals surface area contributed by atoms with E-state index in [2.05, 4.69) is 20.8 Å². The SMILES string of the molecule is CON=C(C(=O)N[C@@H]1C(=O)N2C(C(=O)[O-])=C(C[n+]3ccc4n3CCC(=O)N4)CS[C@H]12)c1csc(N)n1. The van der Waals surface area contributed by atoms with Crippen molar-refractivity contribution >= 4 is 63.5 Å². The number of carbonyl (C=O) groups excluding carboxylic acids is 4. The second kappa shape index (κ2) is 9.27. The molecule has 0 unspecified atom stereocenters. The Morgan fingerprint density at radius 3 is 2.94 bits per heavy atom. The van der Waals surface area contributed by atoms with Crippen molar-refractivity contribution in [3.05, 3.63) is 34.6 Å². The van der Waals surface area contributed by atoms with E-state index in [0.29, 0.717) is 30.1 Å². The van der Waals surface area contributed by atoms with Crippen molar-refractivity contribution in [3.63, 3.8) is 0 Å². The van der Waals surface area contributed by atoms with Crippen molar-refractivity contribution in [2.24, 2.45) is 5.16 Å². The summed E-state index contributed by atoms with van der Waals surface area (Å²) in [4.78, 5) is 59.5. The van der Waals surface area contributed by atoms with Crippen molar-refractivity contribution in [3.8, 4) is 0 Å². The van der Waals surface area contributed by atoms with Crippen molar-refractivity contribution in [1.82, 2.24) is 19.9 Å². The number of nitrogens with one attached hydrogen (secondary N) is 2. The number of nitrogens with two attached hydrogens (primary N) is 1. The molecule has 2 aromatic rings. The van der Waals surface area contributed by atoms with E-state index in [1.165, 1.54) is 24.3 Å². The van der Waals surface area contributed by atoms with E-state index in [1.807, 2.05) is 4.68 Å². The van der Waals surface area contributed by atoms with Crippen LogP contribution in [0.5, 0.6) is 0 Å². The normalized spacial score (nSPS) is 21.4. The largest absolute Gasteiger partial charge is 0.543 e. The average Bonchev–Trinajstić information content (AvgIpc) is 3.45. The Kier molecular flexibility index (Phi) is 6.13. The van der Waals surface area contributed by atoms with Gasteiger partial charge in [-0.2, -0.15) is 0 Å². The predicted molar refractivity (Wildman–Crippen MR) is 125 cm³/mol. The number of nitrogen functional groups attached to an aromatic ring is 1. The van der Waals surface area contributed by atoms with Crippen LogP contribution >= 0.6 is 23.1 Å². The van der Waals surface area contributed by atoms with E-state index < -0.39 is 29.2 Å². The molecule has 4 N–H and O–H groups in total. The quantitative estimate of drug-likeness (QED) is 0.151. The summed E-state index contributed by atoms with van der Waals surface area (Å²) >= 11 is 2.44. The minimum atomic E-state index is -1.48. The highest BCUT2D eigenvalue weighted by molar-refractivity contribution is 8.00. The third kappa shape index (κ3) is 4.07. The lowest BCUT2D eigenvalue weighted by atomic mass is 10.0. The van der Waals surface area contributed by atoms with Crippen LogP contribution in [0.15, 0.2) is 34.1 Å². The van der Waals surface area contributed by atoms with Gasteiger partial charge in [0.15, 0.2) is 29.4 Å². The highest BCUT2D eigenvalue weighted by Gasteiger charge is 2.53. The first-order chi connectivity index (χ1) is 17.3. The van der Waals surface area contributed by atoms with Gasteiger partial charge in [-0.25, -0.2) is 4.98 Å². The van der Waals surface area contributed by atoms with E-state index in [0.717, 1.165) is 16.2 Å². The Labute approximate surface area is 211 Å². The summed E-state index contributed by atoms with van der Waals surface area (Å²) in [5.74, 6) is -1.95. The molecule has 0 aromatic carbocycles. The Balaban J connectivity index is 1.35. The van der Waals surface area contributed by atoms with Crippen LogP contribution in [0, 0.1) is 0 Å². The lowest BCUT2D eigenvalue weighted by Crippen LogP contribution is -2.71. The van der Waals surface area contributed by atoms with Crippen molar-refractivity contribution in [2.75, 3.05) is 23.9 Å². The molecule has 1 saturated heterocycles. The molecule has 16 heteroatoms. The number of carboxylic acids is 1. The van der Waals surface area contributed by atoms with Gasteiger partial charge in [-0.1, -0.05) is 5.16 Å². The molecule has 14 nitrogen and oxygen atoms in total. The summed E-state index contributed by atoms with van der Waals surface area (Å²) in [6.07, 6.45) is 2.04. The molecule has 1 fully saturated rings. The van der Waals surface area contributed by atoms with E-state index in [4.69, 9.17) is 10.6 Å². The Morgan fingerprint density at radius 2 is 2.25 bits per heavy atom. The first kappa shape index (κ1) is 23.8. The van der Waals surface area contributed by atoms with Crippen LogP contribution in [0.1, 0.15) is 12.1 Å². The molecule has 3 amide bonds. The molecule has 2 atom stereocenters. The molecule has 188 valence electrons. The first-order valence-electron chi connectivity index (χ1n) is 10.7. The molecular formula is C20H20N8O6S2. The third-order valence-electron chi connectivity index (χ3n) is 5.85. The van der Waals surface area contributed by atoms with Gasteiger partial charge in [0.05, 0.1) is 30.7 Å². The third-order valence-corrected chi connectivity index (χ3v) is 7.87. The summed E-state index contributed by atoms with van der Waals surface area (Å²) in [5, 5.41) is 22.3. The number of oxime groups is 1. The van der Waals surface area contributed by atoms with Crippen LogP contribution in [0.25, 0.3) is 0 Å². The maximum atomic E-state index is 13.0. The summed E-state index contributed by atoms with van der Waals surface area (Å²) in [5.41, 5.74) is 5.94. The van der Waals surface area contributed by atoms with Crippen LogP contribution in [-0.2, 0) is 37.1 Å². The summed E-state index contributed by atoms with van der Waals surface area (Å²) in [6.45, 7) is 0.639. The topological polar surface area (TPSA) is 188 Å². The summed E-state index contributed by atoms with van der Waals surface area (Å²) in [7, 11) is 1.27. The molecule has 5 heterocycles. The molecule has 3 aliphatic rings. The fourth-order valence-corrected chi connectivity index (χ4v) is 6.14. The molecule has 0 aliphatic carbocycles. The van der Waals surface area contributed by atoms with Gasteiger partial charge < -0.3 is 31.1 Å². The van der Waals surface area contributed by atoms with Crippen LogP contribution in [0.4, 0.5) is 10.9 Å². The number of aromatic nitrogens is 3. The van der Waals surface area contributed by atoms with E-state index in [9.17, 15) is 24.3 Å². The van der Waals surface area contributed by atoms with Gasteiger partial charge in [0.1, 0.15) is 24.2 Å². The van der Waals surface area contributed by atoms with Crippen LogP contribution in [0.2, 0.25) is 0 Å². The minimum Gasteiger partial charge on any atom is -0.543 e. The number of amides is 3. The number of hydrogen-bond acceptors (Lipinski definition) is 11. The number of rotatable bonds is 7. The van der Waals surface area contributed by atoms with E-state index in [-0.39, 0.29) is 34.7 Å². The van der Waals surface area contributed by atoms with Gasteiger partial charge in [0, 0.05) is 16.7 Å². The zero-order valence-electron chi connectivity index (χ0n) is 18.8. The fraction of sp³-hybridized carbons (Fsp3) is 0.350. The van der Waals surface area contributed by atoms with Crippen LogP contribution in [0.3, 0.4) is 0 Å². The molecule has 0 radical (unpaired) electrons. The van der Waals surface area contributed by atoms with Gasteiger partial charge in [0.2, 0.25) is 5.91 Å². The van der Waals surface area contributed by atoms with Gasteiger partial charge in [-0.3, -0.25) is 19.3 Å². The molecule has 2 aromatic heterocycles. The number of aliphatic carboxylic acids is 1. The minimum absolute atomic E-state index is 0.0883. The maximum absolute atomic E-state index is 13.0. The predicted octanol–water partition coefficient (Wildman–Crippen LogP) is -2.39. The van der Waals surface area contributed by atoms with Gasteiger partial charge in [-0.05, 0) is 0 Å². The number of thiazole rings is 1. The highest BCUT2D eigenvalue weighted by Crippen LogP contribution is 2.40. The van der Waals surface area contributed by atoms with Crippen LogP contribution < -0.4 is 26.2 Å². The molecule has 3 aliphatic heterocycles. The highest BCUT2D eigenvalue weighted by atomic mass is 32.2. The Hall–Kier alpha value is -3.92. The standard InChI is InChI=1S/C20H20N8O6S2/c1-34-25-13(10-8-36-20(21)22-10)16(30)24-14-17(31)28-15(19(32)33)9(7-35-18(14)28)6-26-4-2-11-23-12(29)3-5-27(11)26/h2,4,8,14,18H,3,5-7H2,1H3,(H4,21,22,24,30,32,33)/t14-,18-/m1/s1. The van der Waals surface area contributed by atoms with Gasteiger partial charge in [-0.15, -0.1) is 32.5 Å². The number of thioether (sulfide) groups is 1. The lowest BCUT2D eigenvalue weighted by Gasteiger charge is -2.50. The van der Waals surface area contributed by atoms with Crippen molar-refractivity contribution in [2.45, 2.75) is 30.9 Å². The smallest absolute Gasteiger partial charge is 0.276 e. The van der Waals surface area contributed by atoms with Crippen LogP contribution in [-0.4, -0.2) is 68.2 Å². The summed E-state index contributed by atoms with van der Waals surface area (Å²) in [6, 6.07) is 0.755. The Morgan fingerprint density at radius 1 is 1.44 bits per heavy atom. The van der Waals surface area contributed by atoms with Crippen molar-refractivity contribution < 1.29 is 33.8 Å². The monoisotopic (exact) mass is 532 g/mol. The average molecular weight is 533 g/mol. The number of anilines is 2. The second-order valence-corrected chi connectivity index (χ2v) is 10.0. The molecule has 5 rings (SSSR count). The Bertz CT molecular complexity index is 1350. The molecule has 36 heavy (non-hydrogen) atoms. The number of β-lactam (4-membered cyclic amide) rings is 1. The summed E-state index contributed by atoms with van der Waals surface area (Å²) < 4.78 is 3.62. The molecule has 0 bridgehead atoms. The van der Waals surface area contributed by atoms with Gasteiger partial charge in [0.25, 0.3) is 11.8 Å². The lowest BCUT2D eigenvalue weighted by molar-refractivity contribution is -0.767. The van der Waals surface area contributed by atoms with Crippen molar-refractivity contribution in [1.29, 1.82) is 0 Å². The number of hydrogen-bond donors (Lipinski definition) is 3. The fourth-order valence-electron chi connectivity index (χ4n) is 4.26. The number of carboxylic acid groups (broad SMARTS) is 1. The van der Waals surface area contributed by atoms with E-state index in [1.54, 1.807) is 16.9 Å². The van der Waals surface area contributed by atoms with E-state index >= 15 is 0 Å². The molecule has 0 spiro atoms. The zero-order chi connectivity index (χ0) is 25.6. The second-order valence-electron chi connectivity index (χ2n) is 8.01. The van der Waals surface area contributed by atoms with Gasteiger partial charge >= 0.3 is 0 Å². The zero-order valence-corrected chi connectivity index (χ0v) is 20.4. The molecule has 0 saturated carbocycles. The number of carbonyl (C=O) groups is 4. The number of fused-ring (bicyclic) bond motifs is 2. The number of nitrogens with zero attached hydrogens (tertiary/aromatic N) is 5. The first-order valence-corrected chi connectivity index (χ1v) is 12.6.